The van der Waals surface area contributed by atoms with Gasteiger partial charge in [0.15, 0.2) is 0 Å². The number of halogens is 1. The van der Waals surface area contributed by atoms with Crippen LogP contribution in [0.25, 0.3) is 0 Å². The lowest BCUT2D eigenvalue weighted by Crippen LogP contribution is -2.16. The van der Waals surface area contributed by atoms with Crippen LogP contribution in [-0.2, 0) is 13.0 Å². The van der Waals surface area contributed by atoms with Gasteiger partial charge in [0.2, 0.25) is 5.28 Å². The SMILES string of the molecule is CCc1cccc(C)c1CNc1nc(Cl)ncc1C(N)=O. The second-order valence-electron chi connectivity index (χ2n) is 4.69. The number of aromatic nitrogens is 2. The number of carbonyl (C=O) groups is 1. The van der Waals surface area contributed by atoms with E-state index in [-0.39, 0.29) is 10.8 Å². The third-order valence-electron chi connectivity index (χ3n) is 3.35. The number of rotatable bonds is 5. The minimum Gasteiger partial charge on any atom is -0.365 e. The summed E-state index contributed by atoms with van der Waals surface area (Å²) in [5.41, 5.74) is 9.17. The largest absolute Gasteiger partial charge is 0.365 e. The highest BCUT2D eigenvalue weighted by Gasteiger charge is 2.12. The molecular formula is C15H17ClN4O. The molecule has 110 valence electrons. The van der Waals surface area contributed by atoms with Gasteiger partial charge in [-0.2, -0.15) is 4.98 Å². The molecule has 2 rings (SSSR count). The van der Waals surface area contributed by atoms with Crippen LogP contribution < -0.4 is 11.1 Å². The van der Waals surface area contributed by atoms with E-state index in [9.17, 15) is 4.79 Å². The number of nitrogens with one attached hydrogen (secondary N) is 1. The molecule has 0 spiro atoms. The van der Waals surface area contributed by atoms with Gasteiger partial charge in [-0.15, -0.1) is 0 Å². The number of hydrogen-bond donors (Lipinski definition) is 2. The molecule has 3 N–H and O–H groups in total. The van der Waals surface area contributed by atoms with Gasteiger partial charge in [0.1, 0.15) is 5.82 Å². The fourth-order valence-corrected chi connectivity index (χ4v) is 2.33. The number of nitrogens with two attached hydrogens (primary N) is 1. The smallest absolute Gasteiger partial charge is 0.254 e. The minimum absolute atomic E-state index is 0.0722. The molecule has 1 aromatic heterocycles. The van der Waals surface area contributed by atoms with Gasteiger partial charge in [0.05, 0.1) is 5.56 Å². The van der Waals surface area contributed by atoms with Crippen molar-refractivity contribution in [3.05, 3.63) is 51.9 Å². The van der Waals surface area contributed by atoms with E-state index >= 15 is 0 Å². The molecular weight excluding hydrogens is 288 g/mol. The highest BCUT2D eigenvalue weighted by Crippen LogP contribution is 2.19. The summed E-state index contributed by atoms with van der Waals surface area (Å²) in [7, 11) is 0. The number of benzene rings is 1. The van der Waals surface area contributed by atoms with E-state index in [1.807, 2.05) is 6.07 Å². The molecule has 1 heterocycles. The number of primary amides is 1. The number of nitrogens with zero attached hydrogens (tertiary/aromatic N) is 2. The molecule has 0 unspecified atom stereocenters. The van der Waals surface area contributed by atoms with E-state index < -0.39 is 5.91 Å². The van der Waals surface area contributed by atoms with E-state index in [0.29, 0.717) is 12.4 Å². The van der Waals surface area contributed by atoms with Gasteiger partial charge in [-0.3, -0.25) is 4.79 Å². The fraction of sp³-hybridized carbons (Fsp3) is 0.267. The van der Waals surface area contributed by atoms with Crippen LogP contribution >= 0.6 is 11.6 Å². The summed E-state index contributed by atoms with van der Waals surface area (Å²) in [6, 6.07) is 6.18. The Morgan fingerprint density at radius 1 is 1.43 bits per heavy atom. The summed E-state index contributed by atoms with van der Waals surface area (Å²) >= 11 is 5.78. The van der Waals surface area contributed by atoms with E-state index in [4.69, 9.17) is 17.3 Å². The monoisotopic (exact) mass is 304 g/mol. The van der Waals surface area contributed by atoms with Crippen LogP contribution in [-0.4, -0.2) is 15.9 Å². The highest BCUT2D eigenvalue weighted by atomic mass is 35.5. The molecule has 21 heavy (non-hydrogen) atoms. The Morgan fingerprint density at radius 3 is 2.86 bits per heavy atom. The Balaban J connectivity index is 2.28. The van der Waals surface area contributed by atoms with Crippen molar-refractivity contribution in [1.29, 1.82) is 0 Å². The van der Waals surface area contributed by atoms with Gasteiger partial charge in [-0.25, -0.2) is 4.98 Å². The molecule has 0 aliphatic rings. The maximum atomic E-state index is 11.4. The lowest BCUT2D eigenvalue weighted by atomic mass is 10.00. The molecule has 0 radical (unpaired) electrons. The number of amides is 1. The first kappa shape index (κ1) is 15.3. The Bertz CT molecular complexity index is 673. The van der Waals surface area contributed by atoms with Crippen LogP contribution in [0.1, 0.15) is 34.0 Å². The minimum atomic E-state index is -0.588. The van der Waals surface area contributed by atoms with Gasteiger partial charge < -0.3 is 11.1 Å². The summed E-state index contributed by atoms with van der Waals surface area (Å²) in [5.74, 6) is -0.234. The topological polar surface area (TPSA) is 80.9 Å². The molecule has 0 fully saturated rings. The van der Waals surface area contributed by atoms with Crippen LogP contribution in [0.15, 0.2) is 24.4 Å². The summed E-state index contributed by atoms with van der Waals surface area (Å²) < 4.78 is 0. The molecule has 2 aromatic rings. The van der Waals surface area contributed by atoms with Gasteiger partial charge in [-0.05, 0) is 41.6 Å². The standard InChI is InChI=1S/C15H17ClN4O/c1-3-10-6-4-5-9(2)11(10)7-18-14-12(13(17)21)8-19-15(16)20-14/h4-6,8H,3,7H2,1-2H3,(H2,17,21)(H,18,19,20). The zero-order valence-electron chi connectivity index (χ0n) is 12.0. The van der Waals surface area contributed by atoms with Gasteiger partial charge in [-0.1, -0.05) is 25.1 Å². The molecule has 0 saturated carbocycles. The van der Waals surface area contributed by atoms with Crippen molar-refractivity contribution in [3.63, 3.8) is 0 Å². The molecule has 0 atom stereocenters. The molecule has 6 heteroatoms. The maximum absolute atomic E-state index is 11.4. The van der Waals surface area contributed by atoms with Gasteiger partial charge in [0, 0.05) is 12.7 Å². The van der Waals surface area contributed by atoms with Crippen molar-refractivity contribution in [2.75, 3.05) is 5.32 Å². The van der Waals surface area contributed by atoms with Crippen molar-refractivity contribution in [2.45, 2.75) is 26.8 Å². The van der Waals surface area contributed by atoms with Crippen LogP contribution in [0.3, 0.4) is 0 Å². The lowest BCUT2D eigenvalue weighted by molar-refractivity contribution is 0.100. The normalized spacial score (nSPS) is 10.4. The summed E-state index contributed by atoms with van der Waals surface area (Å²) in [6.07, 6.45) is 2.27. The molecule has 1 amide bonds. The Labute approximate surface area is 128 Å². The van der Waals surface area contributed by atoms with E-state index in [2.05, 4.69) is 41.3 Å². The van der Waals surface area contributed by atoms with Crippen LogP contribution in [0.4, 0.5) is 5.82 Å². The van der Waals surface area contributed by atoms with Gasteiger partial charge in [0.25, 0.3) is 5.91 Å². The van der Waals surface area contributed by atoms with E-state index in [0.717, 1.165) is 6.42 Å². The predicted molar refractivity (Wildman–Crippen MR) is 83.4 cm³/mol. The third kappa shape index (κ3) is 3.49. The lowest BCUT2D eigenvalue weighted by Gasteiger charge is -2.14. The summed E-state index contributed by atoms with van der Waals surface area (Å²) in [5, 5.41) is 3.20. The Kier molecular flexibility index (Phi) is 4.75. The van der Waals surface area contributed by atoms with Crippen LogP contribution in [0.5, 0.6) is 0 Å². The van der Waals surface area contributed by atoms with Crippen molar-refractivity contribution in [2.24, 2.45) is 5.73 Å². The maximum Gasteiger partial charge on any atom is 0.254 e. The zero-order valence-corrected chi connectivity index (χ0v) is 12.7. The first-order valence-electron chi connectivity index (χ1n) is 6.66. The van der Waals surface area contributed by atoms with Crippen molar-refractivity contribution < 1.29 is 4.79 Å². The number of anilines is 1. The predicted octanol–water partition coefficient (Wildman–Crippen LogP) is 2.71. The number of aryl methyl sites for hydroxylation is 2. The summed E-state index contributed by atoms with van der Waals surface area (Å²) in [6.45, 7) is 4.70. The molecule has 1 aromatic carbocycles. The fourth-order valence-electron chi connectivity index (χ4n) is 2.19. The zero-order chi connectivity index (χ0) is 15.4. The second kappa shape index (κ2) is 6.54. The molecule has 5 nitrogen and oxygen atoms in total. The number of hydrogen-bond acceptors (Lipinski definition) is 4. The quantitative estimate of drug-likeness (QED) is 0.832. The molecule has 0 bridgehead atoms. The van der Waals surface area contributed by atoms with E-state index in [1.165, 1.54) is 22.9 Å². The third-order valence-corrected chi connectivity index (χ3v) is 3.53. The Morgan fingerprint density at radius 2 is 2.19 bits per heavy atom. The van der Waals surface area contributed by atoms with Gasteiger partial charge >= 0.3 is 0 Å². The molecule has 0 aliphatic carbocycles. The second-order valence-corrected chi connectivity index (χ2v) is 5.02. The van der Waals surface area contributed by atoms with E-state index in [1.54, 1.807) is 0 Å². The van der Waals surface area contributed by atoms with Crippen molar-refractivity contribution >= 4 is 23.3 Å². The summed E-state index contributed by atoms with van der Waals surface area (Å²) in [4.78, 5) is 19.2. The molecule has 0 saturated heterocycles. The Hall–Kier alpha value is -2.14. The first-order chi connectivity index (χ1) is 10.0. The van der Waals surface area contributed by atoms with Crippen LogP contribution in [0, 0.1) is 6.92 Å². The van der Waals surface area contributed by atoms with Crippen molar-refractivity contribution in [3.8, 4) is 0 Å². The highest BCUT2D eigenvalue weighted by molar-refractivity contribution is 6.28. The average Bonchev–Trinajstić information content (AvgIpc) is 2.45. The first-order valence-corrected chi connectivity index (χ1v) is 7.04. The van der Waals surface area contributed by atoms with Crippen molar-refractivity contribution in [1.82, 2.24) is 9.97 Å². The van der Waals surface area contributed by atoms with Crippen LogP contribution in [0.2, 0.25) is 5.28 Å². The average molecular weight is 305 g/mol. The molecule has 0 aliphatic heterocycles. The number of carbonyl (C=O) groups excluding carboxylic acids is 1.